The molecule has 0 saturated carbocycles. The number of hydrogen-bond acceptors (Lipinski definition) is 4. The average Bonchev–Trinajstić information content (AvgIpc) is 2.38. The molecule has 2 aromatic rings. The molecule has 0 aliphatic rings. The van der Waals surface area contributed by atoms with Gasteiger partial charge in [-0.3, -0.25) is 4.98 Å². The Morgan fingerprint density at radius 3 is 2.44 bits per heavy atom. The van der Waals surface area contributed by atoms with Crippen molar-refractivity contribution in [1.82, 2.24) is 15.0 Å². The molecule has 1 atom stereocenters. The minimum Gasteiger partial charge on any atom is -0.388 e. The van der Waals surface area contributed by atoms with Crippen LogP contribution in [-0.2, 0) is 6.42 Å². The third-order valence-corrected chi connectivity index (χ3v) is 2.42. The zero-order valence-electron chi connectivity index (χ0n) is 8.82. The Kier molecular flexibility index (Phi) is 3.56. The van der Waals surface area contributed by atoms with E-state index in [0.29, 0.717) is 6.42 Å². The van der Waals surface area contributed by atoms with Gasteiger partial charge in [0, 0.05) is 30.4 Å². The van der Waals surface area contributed by atoms with E-state index in [2.05, 4.69) is 15.0 Å². The van der Waals surface area contributed by atoms with Gasteiger partial charge in [0.25, 0.3) is 0 Å². The summed E-state index contributed by atoms with van der Waals surface area (Å²) < 4.78 is 0. The van der Waals surface area contributed by atoms with Crippen molar-refractivity contribution in [3.8, 4) is 0 Å². The topological polar surface area (TPSA) is 58.9 Å². The minimum absolute atomic E-state index is 0.505. The molecule has 1 N–H and O–H groups in total. The van der Waals surface area contributed by atoms with E-state index in [-0.39, 0.29) is 0 Å². The lowest BCUT2D eigenvalue weighted by Gasteiger charge is -2.09. The predicted octanol–water partition coefficient (Wildman–Crippen LogP) is 1.54. The third-order valence-electron chi connectivity index (χ3n) is 2.42. The van der Waals surface area contributed by atoms with E-state index in [1.165, 1.54) is 11.9 Å². The number of nitrogens with zero attached hydrogens (tertiary/aromatic N) is 3. The normalized spacial score (nSPS) is 12.3. The van der Waals surface area contributed by atoms with Crippen molar-refractivity contribution in [2.24, 2.45) is 0 Å². The van der Waals surface area contributed by atoms with E-state index in [0.717, 1.165) is 12.0 Å². The first-order valence-corrected chi connectivity index (χ1v) is 5.18. The molecule has 16 heavy (non-hydrogen) atoms. The predicted molar refractivity (Wildman–Crippen MR) is 59.5 cm³/mol. The van der Waals surface area contributed by atoms with Gasteiger partial charge in [0.1, 0.15) is 6.33 Å². The number of pyridine rings is 1. The Morgan fingerprint density at radius 1 is 1.06 bits per heavy atom. The van der Waals surface area contributed by atoms with Crippen molar-refractivity contribution in [1.29, 1.82) is 0 Å². The van der Waals surface area contributed by atoms with E-state index in [9.17, 15) is 5.11 Å². The molecule has 1 unspecified atom stereocenters. The van der Waals surface area contributed by atoms with Gasteiger partial charge in [0.2, 0.25) is 0 Å². The molecule has 0 aromatic carbocycles. The first kappa shape index (κ1) is 10.7. The van der Waals surface area contributed by atoms with Crippen LogP contribution in [0.2, 0.25) is 0 Å². The monoisotopic (exact) mass is 215 g/mol. The van der Waals surface area contributed by atoms with Crippen molar-refractivity contribution < 1.29 is 5.11 Å². The van der Waals surface area contributed by atoms with Crippen molar-refractivity contribution in [3.63, 3.8) is 0 Å². The minimum atomic E-state index is -0.505. The molecule has 4 heteroatoms. The summed E-state index contributed by atoms with van der Waals surface area (Å²) in [7, 11) is 0. The largest absolute Gasteiger partial charge is 0.388 e. The maximum absolute atomic E-state index is 9.89. The Bertz CT molecular complexity index is 419. The number of hydrogen-bond donors (Lipinski definition) is 1. The lowest BCUT2D eigenvalue weighted by atomic mass is 10.0. The molecule has 0 spiro atoms. The molecule has 0 bridgehead atoms. The van der Waals surface area contributed by atoms with E-state index in [4.69, 9.17) is 0 Å². The van der Waals surface area contributed by atoms with Gasteiger partial charge < -0.3 is 5.11 Å². The fraction of sp³-hybridized carbons (Fsp3) is 0.250. The molecular weight excluding hydrogens is 202 g/mol. The van der Waals surface area contributed by atoms with Gasteiger partial charge in [0.05, 0.1) is 6.10 Å². The summed E-state index contributed by atoms with van der Waals surface area (Å²) in [6, 6.07) is 3.91. The van der Waals surface area contributed by atoms with Gasteiger partial charge >= 0.3 is 0 Å². The summed E-state index contributed by atoms with van der Waals surface area (Å²) in [5.41, 5.74) is 1.93. The molecular formula is C12H13N3O. The quantitative estimate of drug-likeness (QED) is 0.840. The maximum Gasteiger partial charge on any atom is 0.115 e. The number of aliphatic hydroxyl groups is 1. The molecule has 2 aromatic heterocycles. The Labute approximate surface area is 94.0 Å². The highest BCUT2D eigenvalue weighted by atomic mass is 16.3. The zero-order chi connectivity index (χ0) is 11.2. The van der Waals surface area contributed by atoms with Crippen LogP contribution in [0.15, 0.2) is 43.2 Å². The lowest BCUT2D eigenvalue weighted by Crippen LogP contribution is -2.00. The molecule has 4 nitrogen and oxygen atoms in total. The summed E-state index contributed by atoms with van der Waals surface area (Å²) >= 11 is 0. The van der Waals surface area contributed by atoms with E-state index >= 15 is 0 Å². The molecule has 0 aliphatic carbocycles. The molecule has 0 aliphatic heterocycles. The summed E-state index contributed by atoms with van der Waals surface area (Å²) in [6.45, 7) is 0. The fourth-order valence-corrected chi connectivity index (χ4v) is 1.50. The number of aromatic nitrogens is 3. The van der Waals surface area contributed by atoms with Crippen LogP contribution in [0.5, 0.6) is 0 Å². The van der Waals surface area contributed by atoms with Gasteiger partial charge in [0.15, 0.2) is 0 Å². The smallest absolute Gasteiger partial charge is 0.115 e. The molecule has 2 heterocycles. The fourth-order valence-electron chi connectivity index (χ4n) is 1.50. The number of aliphatic hydroxyl groups excluding tert-OH is 1. The van der Waals surface area contributed by atoms with Gasteiger partial charge in [-0.2, -0.15) is 0 Å². The summed E-state index contributed by atoms with van der Waals surface area (Å²) in [4.78, 5) is 11.7. The molecule has 0 fully saturated rings. The highest BCUT2D eigenvalue weighted by Crippen LogP contribution is 2.16. The van der Waals surface area contributed by atoms with Crippen LogP contribution in [0, 0.1) is 0 Å². The highest BCUT2D eigenvalue weighted by molar-refractivity contribution is 5.12. The SMILES string of the molecule is OC(CCc1ccncc1)c1cncnc1. The summed E-state index contributed by atoms with van der Waals surface area (Å²) in [5.74, 6) is 0. The Morgan fingerprint density at radius 2 is 1.75 bits per heavy atom. The molecule has 0 saturated heterocycles. The second kappa shape index (κ2) is 5.32. The van der Waals surface area contributed by atoms with Crippen molar-refractivity contribution in [2.75, 3.05) is 0 Å². The van der Waals surface area contributed by atoms with Gasteiger partial charge in [-0.05, 0) is 30.5 Å². The van der Waals surface area contributed by atoms with E-state index in [1.54, 1.807) is 24.8 Å². The van der Waals surface area contributed by atoms with Crippen LogP contribution in [0.4, 0.5) is 0 Å². The highest BCUT2D eigenvalue weighted by Gasteiger charge is 2.07. The van der Waals surface area contributed by atoms with Crippen LogP contribution >= 0.6 is 0 Å². The lowest BCUT2D eigenvalue weighted by molar-refractivity contribution is 0.167. The average molecular weight is 215 g/mol. The van der Waals surface area contributed by atoms with E-state index < -0.39 is 6.10 Å². The molecule has 2 rings (SSSR count). The van der Waals surface area contributed by atoms with Gasteiger partial charge in [-0.25, -0.2) is 9.97 Å². The molecule has 82 valence electrons. The van der Waals surface area contributed by atoms with Gasteiger partial charge in [-0.15, -0.1) is 0 Å². The van der Waals surface area contributed by atoms with Crippen molar-refractivity contribution >= 4 is 0 Å². The number of rotatable bonds is 4. The van der Waals surface area contributed by atoms with Crippen molar-refractivity contribution in [2.45, 2.75) is 18.9 Å². The maximum atomic E-state index is 9.89. The van der Waals surface area contributed by atoms with Crippen LogP contribution in [0.1, 0.15) is 23.7 Å². The second-order valence-corrected chi connectivity index (χ2v) is 3.58. The zero-order valence-corrected chi connectivity index (χ0v) is 8.82. The van der Waals surface area contributed by atoms with Crippen LogP contribution in [0.3, 0.4) is 0 Å². The summed E-state index contributed by atoms with van der Waals surface area (Å²) in [5, 5.41) is 9.89. The Balaban J connectivity index is 1.92. The standard InChI is InChI=1S/C12H13N3O/c16-12(11-7-14-9-15-8-11)2-1-10-3-5-13-6-4-10/h3-9,12,16H,1-2H2. The first-order chi connectivity index (χ1) is 7.86. The first-order valence-electron chi connectivity index (χ1n) is 5.18. The molecule has 0 amide bonds. The Hall–Kier alpha value is -1.81. The number of aryl methyl sites for hydroxylation is 1. The van der Waals surface area contributed by atoms with Crippen molar-refractivity contribution in [3.05, 3.63) is 54.4 Å². The van der Waals surface area contributed by atoms with Crippen LogP contribution in [-0.4, -0.2) is 20.1 Å². The van der Waals surface area contributed by atoms with Gasteiger partial charge in [-0.1, -0.05) is 0 Å². The van der Waals surface area contributed by atoms with E-state index in [1.807, 2.05) is 12.1 Å². The summed E-state index contributed by atoms with van der Waals surface area (Å²) in [6.07, 6.45) is 9.24. The van der Waals surface area contributed by atoms with Crippen LogP contribution in [0.25, 0.3) is 0 Å². The third kappa shape index (κ3) is 2.84. The van der Waals surface area contributed by atoms with Crippen LogP contribution < -0.4 is 0 Å². The molecule has 0 radical (unpaired) electrons. The second-order valence-electron chi connectivity index (χ2n) is 3.58.